The van der Waals surface area contributed by atoms with E-state index in [1.54, 1.807) is 0 Å². The van der Waals surface area contributed by atoms with E-state index in [2.05, 4.69) is 174 Å². The Labute approximate surface area is 296 Å². The van der Waals surface area contributed by atoms with E-state index in [-0.39, 0.29) is 0 Å². The summed E-state index contributed by atoms with van der Waals surface area (Å²) in [6.45, 7) is 0.596. The lowest BCUT2D eigenvalue weighted by molar-refractivity contribution is 0.302. The number of hydrogen-bond acceptors (Lipinski definition) is 1. The summed E-state index contributed by atoms with van der Waals surface area (Å²) in [4.78, 5) is 0. The molecule has 0 spiro atoms. The maximum absolute atomic E-state index is 6.30. The van der Waals surface area contributed by atoms with Gasteiger partial charge in [-0.2, -0.15) is 0 Å². The molecule has 0 amide bonds. The molecule has 1 unspecified atom stereocenters. The molecule has 2 heteroatoms. The highest BCUT2D eigenvalue weighted by molar-refractivity contribution is 6.11. The van der Waals surface area contributed by atoms with E-state index in [0.29, 0.717) is 12.5 Å². The van der Waals surface area contributed by atoms with Crippen LogP contribution in [0.1, 0.15) is 28.2 Å². The maximum Gasteiger partial charge on any atom is 0.129 e. The molecule has 1 aliphatic heterocycles. The van der Waals surface area contributed by atoms with Crippen molar-refractivity contribution >= 4 is 32.6 Å². The largest absolute Gasteiger partial charge is 0.488 e. The Kier molecular flexibility index (Phi) is 6.17. The molecular formula is C49H33NO. The fourth-order valence-electron chi connectivity index (χ4n) is 8.84. The lowest BCUT2D eigenvalue weighted by Gasteiger charge is -2.29. The van der Waals surface area contributed by atoms with Gasteiger partial charge in [0.25, 0.3) is 0 Å². The molecule has 2 nitrogen and oxygen atoms in total. The summed E-state index contributed by atoms with van der Waals surface area (Å²) in [6, 6.07) is 62.7. The van der Waals surface area contributed by atoms with Gasteiger partial charge in [-0.05, 0) is 104 Å². The first-order chi connectivity index (χ1) is 25.3. The van der Waals surface area contributed by atoms with Gasteiger partial charge >= 0.3 is 0 Å². The fourth-order valence-corrected chi connectivity index (χ4v) is 8.84. The topological polar surface area (TPSA) is 14.2 Å². The molecule has 0 radical (unpaired) electrons. The van der Waals surface area contributed by atoms with Crippen molar-refractivity contribution in [2.45, 2.75) is 18.9 Å². The molecule has 240 valence electrons. The van der Waals surface area contributed by atoms with Crippen molar-refractivity contribution in [3.63, 3.8) is 0 Å². The molecule has 0 N–H and O–H groups in total. The average Bonchev–Trinajstić information content (AvgIpc) is 3.53. The molecule has 0 saturated carbocycles. The number of fused-ring (bicyclic) bond motifs is 10. The van der Waals surface area contributed by atoms with E-state index >= 15 is 0 Å². The van der Waals surface area contributed by atoms with Crippen molar-refractivity contribution in [3.05, 3.63) is 192 Å². The average molecular weight is 652 g/mol. The molecule has 1 aliphatic carbocycles. The SMILES string of the molecule is c1ccc2c(c1)COc1cccc(-n3c4ccccc4c4cc(-c5ccc6c(c5)-c5ccccc5C(c5ccc7ccccc7c5)C6)ccc43)c1-2. The first kappa shape index (κ1) is 28.5. The first-order valence-electron chi connectivity index (χ1n) is 17.9. The molecule has 1 atom stereocenters. The summed E-state index contributed by atoms with van der Waals surface area (Å²) in [7, 11) is 0. The molecule has 0 fully saturated rings. The van der Waals surface area contributed by atoms with Crippen LogP contribution in [0.15, 0.2) is 170 Å². The van der Waals surface area contributed by atoms with Gasteiger partial charge < -0.3 is 9.30 Å². The van der Waals surface area contributed by atoms with Gasteiger partial charge in [0.15, 0.2) is 0 Å². The highest BCUT2D eigenvalue weighted by atomic mass is 16.5. The smallest absolute Gasteiger partial charge is 0.129 e. The summed E-state index contributed by atoms with van der Waals surface area (Å²) in [6.07, 6.45) is 0.992. The number of hydrogen-bond donors (Lipinski definition) is 0. The van der Waals surface area contributed by atoms with E-state index in [0.717, 1.165) is 23.4 Å². The predicted molar refractivity (Wildman–Crippen MR) is 211 cm³/mol. The van der Waals surface area contributed by atoms with Crippen LogP contribution in [0, 0.1) is 0 Å². The molecular weight excluding hydrogens is 619 g/mol. The second-order valence-electron chi connectivity index (χ2n) is 14.0. The van der Waals surface area contributed by atoms with Crippen LogP contribution < -0.4 is 4.74 Å². The van der Waals surface area contributed by atoms with Crippen LogP contribution in [-0.4, -0.2) is 4.57 Å². The summed E-state index contributed by atoms with van der Waals surface area (Å²) in [5, 5.41) is 5.09. The molecule has 2 heterocycles. The minimum absolute atomic E-state index is 0.327. The van der Waals surface area contributed by atoms with Crippen molar-refractivity contribution < 1.29 is 4.74 Å². The standard InChI is InChI=1S/C49H33NO/c1-2-11-32-26-35(22-20-31(32)10-1)43-29-36-23-21-33(27-42(36)39-14-5-6-15-40(39)43)34-24-25-46-44(28-34)41-16-7-8-17-45(41)50(46)47-18-9-19-48-49(47)38-13-4-3-12-37(38)30-51-48/h1-28,43H,29-30H2. The Hall–Kier alpha value is -6.38. The molecule has 1 aromatic heterocycles. The van der Waals surface area contributed by atoms with E-state index in [1.165, 1.54) is 82.6 Å². The van der Waals surface area contributed by atoms with Gasteiger partial charge in [0.1, 0.15) is 12.4 Å². The van der Waals surface area contributed by atoms with Crippen molar-refractivity contribution in [3.8, 4) is 44.8 Å². The zero-order valence-corrected chi connectivity index (χ0v) is 28.0. The summed E-state index contributed by atoms with van der Waals surface area (Å²) in [5.74, 6) is 1.26. The Balaban J connectivity index is 1.04. The first-order valence-corrected chi connectivity index (χ1v) is 17.9. The number of para-hydroxylation sites is 1. The molecule has 11 rings (SSSR count). The van der Waals surface area contributed by atoms with Gasteiger partial charge in [0.2, 0.25) is 0 Å². The van der Waals surface area contributed by atoms with Crippen molar-refractivity contribution in [2.24, 2.45) is 0 Å². The van der Waals surface area contributed by atoms with E-state index in [9.17, 15) is 0 Å². The van der Waals surface area contributed by atoms with Gasteiger partial charge in [-0.25, -0.2) is 0 Å². The van der Waals surface area contributed by atoms with Gasteiger partial charge in [-0.3, -0.25) is 0 Å². The van der Waals surface area contributed by atoms with Crippen LogP contribution in [0.4, 0.5) is 0 Å². The van der Waals surface area contributed by atoms with Crippen molar-refractivity contribution in [2.75, 3.05) is 0 Å². The Morgan fingerprint density at radius 1 is 0.490 bits per heavy atom. The number of aromatic nitrogens is 1. The highest BCUT2D eigenvalue weighted by Gasteiger charge is 2.27. The van der Waals surface area contributed by atoms with Gasteiger partial charge in [-0.15, -0.1) is 0 Å². The zero-order valence-electron chi connectivity index (χ0n) is 28.0. The molecule has 51 heavy (non-hydrogen) atoms. The summed E-state index contributed by atoms with van der Waals surface area (Å²) >= 11 is 0. The molecule has 0 bridgehead atoms. The van der Waals surface area contributed by atoms with Crippen molar-refractivity contribution in [1.29, 1.82) is 0 Å². The Bertz CT molecular complexity index is 2860. The quantitative estimate of drug-likeness (QED) is 0.185. The van der Waals surface area contributed by atoms with Crippen LogP contribution in [-0.2, 0) is 13.0 Å². The third-order valence-electron chi connectivity index (χ3n) is 11.3. The zero-order chi connectivity index (χ0) is 33.5. The van der Waals surface area contributed by atoms with Gasteiger partial charge in [-0.1, -0.05) is 133 Å². The van der Waals surface area contributed by atoms with Crippen LogP contribution in [0.2, 0.25) is 0 Å². The second kappa shape index (κ2) is 11.1. The van der Waals surface area contributed by atoms with E-state index < -0.39 is 0 Å². The van der Waals surface area contributed by atoms with Crippen LogP contribution in [0.25, 0.3) is 71.6 Å². The fraction of sp³-hybridized carbons (Fsp3) is 0.0612. The molecule has 8 aromatic carbocycles. The molecule has 2 aliphatic rings. The van der Waals surface area contributed by atoms with Crippen molar-refractivity contribution in [1.82, 2.24) is 4.57 Å². The minimum atomic E-state index is 0.327. The minimum Gasteiger partial charge on any atom is -0.488 e. The van der Waals surface area contributed by atoms with Crippen LogP contribution in [0.5, 0.6) is 5.75 Å². The third kappa shape index (κ3) is 4.36. The monoisotopic (exact) mass is 651 g/mol. The Morgan fingerprint density at radius 2 is 1.25 bits per heavy atom. The number of ether oxygens (including phenoxy) is 1. The lowest BCUT2D eigenvalue weighted by atomic mass is 9.75. The normalized spacial score (nSPS) is 14.5. The molecule has 0 saturated heterocycles. The van der Waals surface area contributed by atoms with Gasteiger partial charge in [0.05, 0.1) is 16.7 Å². The van der Waals surface area contributed by atoms with Crippen LogP contribution >= 0.6 is 0 Å². The van der Waals surface area contributed by atoms with E-state index in [1.807, 2.05) is 0 Å². The Morgan fingerprint density at radius 3 is 2.22 bits per heavy atom. The lowest BCUT2D eigenvalue weighted by Crippen LogP contribution is -2.12. The summed E-state index contributed by atoms with van der Waals surface area (Å²) in [5.41, 5.74) is 16.5. The van der Waals surface area contributed by atoms with Crippen LogP contribution in [0.3, 0.4) is 0 Å². The molecule has 9 aromatic rings. The maximum atomic E-state index is 6.30. The second-order valence-corrected chi connectivity index (χ2v) is 14.0. The number of rotatable bonds is 3. The van der Waals surface area contributed by atoms with Gasteiger partial charge in [0, 0.05) is 22.3 Å². The van der Waals surface area contributed by atoms with E-state index in [4.69, 9.17) is 4.74 Å². The number of nitrogens with zero attached hydrogens (tertiary/aromatic N) is 1. The predicted octanol–water partition coefficient (Wildman–Crippen LogP) is 12.5. The highest BCUT2D eigenvalue weighted by Crippen LogP contribution is 2.47. The summed E-state index contributed by atoms with van der Waals surface area (Å²) < 4.78 is 8.72. The third-order valence-corrected chi connectivity index (χ3v) is 11.3. The number of benzene rings is 8.